The minimum atomic E-state index is -2.05. The summed E-state index contributed by atoms with van der Waals surface area (Å²) < 4.78 is 22.5. The van der Waals surface area contributed by atoms with Gasteiger partial charge in [0.15, 0.2) is 17.6 Å². The van der Waals surface area contributed by atoms with Crippen molar-refractivity contribution in [3.8, 4) is 11.5 Å². The molecule has 4 atom stereocenters. The van der Waals surface area contributed by atoms with Gasteiger partial charge in [0.1, 0.15) is 31.2 Å². The van der Waals surface area contributed by atoms with Crippen molar-refractivity contribution in [2.24, 2.45) is 0 Å². The number of amides is 6. The number of urea groups is 1. The van der Waals surface area contributed by atoms with Crippen molar-refractivity contribution in [2.45, 2.75) is 68.1 Å². The molecule has 340 valence electrons. The Hall–Kier alpha value is -7.17. The first kappa shape index (κ1) is 45.4. The second kappa shape index (κ2) is 19.5. The Morgan fingerprint density at radius 1 is 0.697 bits per heavy atom. The SMILES string of the molecule is CO[C@H]1C(=O)N2[C@@H]1SC(C)(C)[C@]2(NC(=O)C(NC(=O)N1CCN(Cc2ccc(OCc3ccccc3)c(OCc3ccccc3)c2)C(=O)C1=O)c1ccccc1)C(=O)OCc1ccccc1. The van der Waals surface area contributed by atoms with Crippen molar-refractivity contribution in [3.05, 3.63) is 167 Å². The van der Waals surface area contributed by atoms with Crippen LogP contribution in [0.4, 0.5) is 4.79 Å². The molecule has 2 N–H and O–H groups in total. The zero-order valence-corrected chi connectivity index (χ0v) is 37.4. The summed E-state index contributed by atoms with van der Waals surface area (Å²) in [4.78, 5) is 87.7. The third-order valence-corrected chi connectivity index (χ3v) is 13.4. The van der Waals surface area contributed by atoms with Crippen LogP contribution in [0.5, 0.6) is 11.5 Å². The fraction of sp³-hybridized carbons (Fsp3) is 0.280. The molecular weight excluding hydrogens is 863 g/mol. The summed E-state index contributed by atoms with van der Waals surface area (Å²) in [6.07, 6.45) is -0.866. The van der Waals surface area contributed by atoms with E-state index < -0.39 is 63.6 Å². The summed E-state index contributed by atoms with van der Waals surface area (Å²) in [5.41, 5.74) is 1.52. The molecule has 1 unspecified atom stereocenters. The average molecular weight is 912 g/mol. The fourth-order valence-electron chi connectivity index (χ4n) is 8.23. The predicted octanol–water partition coefficient (Wildman–Crippen LogP) is 5.73. The summed E-state index contributed by atoms with van der Waals surface area (Å²) >= 11 is 1.27. The van der Waals surface area contributed by atoms with E-state index in [2.05, 4.69) is 10.6 Å². The van der Waals surface area contributed by atoms with Gasteiger partial charge >= 0.3 is 23.8 Å². The summed E-state index contributed by atoms with van der Waals surface area (Å²) in [6, 6.07) is 39.3. The molecule has 15 nitrogen and oxygen atoms in total. The second-order valence-corrected chi connectivity index (χ2v) is 18.2. The number of hydrogen-bond acceptors (Lipinski definition) is 11. The van der Waals surface area contributed by atoms with Gasteiger partial charge in [0, 0.05) is 26.7 Å². The third kappa shape index (κ3) is 9.19. The van der Waals surface area contributed by atoms with Crippen LogP contribution in [0.15, 0.2) is 140 Å². The molecule has 5 aromatic rings. The number of fused-ring (bicyclic) bond motifs is 1. The Morgan fingerprint density at radius 3 is 1.85 bits per heavy atom. The van der Waals surface area contributed by atoms with E-state index in [0.717, 1.165) is 16.0 Å². The fourth-order valence-corrected chi connectivity index (χ4v) is 9.95. The number of nitrogens with one attached hydrogen (secondary N) is 2. The van der Waals surface area contributed by atoms with E-state index in [9.17, 15) is 28.8 Å². The highest BCUT2D eigenvalue weighted by molar-refractivity contribution is 8.01. The maximum absolute atomic E-state index is 14.7. The maximum Gasteiger partial charge on any atom is 0.355 e. The van der Waals surface area contributed by atoms with Crippen LogP contribution in [0.25, 0.3) is 0 Å². The van der Waals surface area contributed by atoms with Crippen molar-refractivity contribution in [2.75, 3.05) is 20.2 Å². The molecular formula is C50H49N5O10S. The monoisotopic (exact) mass is 911 g/mol. The molecule has 0 saturated carbocycles. The maximum atomic E-state index is 14.7. The number of ether oxygens (including phenoxy) is 4. The lowest BCUT2D eigenvalue weighted by Gasteiger charge is -2.50. The molecule has 6 amide bonds. The average Bonchev–Trinajstić information content (AvgIpc) is 3.54. The molecule has 0 aliphatic carbocycles. The summed E-state index contributed by atoms with van der Waals surface area (Å²) in [6.45, 7) is 3.70. The molecule has 66 heavy (non-hydrogen) atoms. The number of piperazine rings is 1. The summed E-state index contributed by atoms with van der Waals surface area (Å²) in [5, 5.41) is 4.84. The van der Waals surface area contributed by atoms with Gasteiger partial charge in [-0.3, -0.25) is 29.0 Å². The van der Waals surface area contributed by atoms with Crippen molar-refractivity contribution in [1.29, 1.82) is 0 Å². The van der Waals surface area contributed by atoms with E-state index in [1.165, 1.54) is 28.7 Å². The molecule has 0 radical (unpaired) electrons. The van der Waals surface area contributed by atoms with E-state index >= 15 is 0 Å². The number of hydrogen-bond donors (Lipinski definition) is 2. The van der Waals surface area contributed by atoms with E-state index in [1.807, 2.05) is 66.7 Å². The Morgan fingerprint density at radius 2 is 1.26 bits per heavy atom. The van der Waals surface area contributed by atoms with Gasteiger partial charge in [-0.2, -0.15) is 0 Å². The van der Waals surface area contributed by atoms with E-state index in [1.54, 1.807) is 86.6 Å². The topological polar surface area (TPSA) is 173 Å². The van der Waals surface area contributed by atoms with Crippen LogP contribution in [0.2, 0.25) is 0 Å². The Balaban J connectivity index is 0.985. The molecule has 0 aromatic heterocycles. The van der Waals surface area contributed by atoms with Gasteiger partial charge < -0.3 is 34.5 Å². The smallest absolute Gasteiger partial charge is 0.355 e. The highest BCUT2D eigenvalue weighted by Crippen LogP contribution is 2.56. The number of benzene rings is 5. The number of esters is 1. The molecule has 3 aliphatic rings. The molecule has 0 spiro atoms. The molecule has 16 heteroatoms. The Kier molecular flexibility index (Phi) is 13.4. The van der Waals surface area contributed by atoms with Crippen molar-refractivity contribution >= 4 is 47.4 Å². The number of β-lactam (4-membered cyclic amide) rings is 1. The number of methoxy groups -OCH3 is 1. The molecule has 3 saturated heterocycles. The van der Waals surface area contributed by atoms with Crippen LogP contribution < -0.4 is 20.1 Å². The van der Waals surface area contributed by atoms with Gasteiger partial charge in [-0.15, -0.1) is 11.8 Å². The minimum Gasteiger partial charge on any atom is -0.485 e. The highest BCUT2D eigenvalue weighted by Gasteiger charge is 2.74. The van der Waals surface area contributed by atoms with Crippen LogP contribution in [0, 0.1) is 0 Å². The lowest BCUT2D eigenvalue weighted by Crippen LogP contribution is -2.79. The number of carbonyl (C=O) groups is 6. The first-order valence-corrected chi connectivity index (χ1v) is 22.3. The Bertz CT molecular complexity index is 2590. The normalized spacial score (nSPS) is 20.2. The van der Waals surface area contributed by atoms with E-state index in [-0.39, 0.29) is 32.8 Å². The molecule has 3 aliphatic heterocycles. The van der Waals surface area contributed by atoms with Gasteiger partial charge in [0.2, 0.25) is 11.6 Å². The number of carbonyl (C=O) groups excluding carboxylic acids is 6. The Labute approximate surface area is 386 Å². The first-order valence-electron chi connectivity index (χ1n) is 21.4. The van der Waals surface area contributed by atoms with Crippen LogP contribution in [-0.2, 0) is 59.8 Å². The summed E-state index contributed by atoms with van der Waals surface area (Å²) in [7, 11) is 1.40. The largest absolute Gasteiger partial charge is 0.485 e. The third-order valence-electron chi connectivity index (χ3n) is 11.8. The lowest BCUT2D eigenvalue weighted by atomic mass is 9.88. The molecule has 3 fully saturated rings. The van der Waals surface area contributed by atoms with Gasteiger partial charge in [-0.25, -0.2) is 9.59 Å². The van der Waals surface area contributed by atoms with Crippen LogP contribution in [-0.4, -0.2) is 92.4 Å². The lowest BCUT2D eigenvalue weighted by molar-refractivity contribution is -0.191. The molecule has 3 heterocycles. The number of rotatable bonds is 16. The zero-order chi connectivity index (χ0) is 46.4. The van der Waals surface area contributed by atoms with Gasteiger partial charge in [0.05, 0.1) is 4.75 Å². The van der Waals surface area contributed by atoms with Crippen LogP contribution >= 0.6 is 11.8 Å². The van der Waals surface area contributed by atoms with Crippen molar-refractivity contribution in [1.82, 2.24) is 25.3 Å². The zero-order valence-electron chi connectivity index (χ0n) is 36.6. The standard InChI is InChI=1S/C50H49N5O10S/c1-49(2)50(55-43(57)41(62-3)46(55)66-49,47(60)65-32-35-20-12-6-13-21-35)52-42(56)40(37-22-14-7-15-23-37)51-48(61)54-27-26-53(44(58)45(54)59)29-36-24-25-38(63-30-33-16-8-4-9-17-33)39(28-36)64-31-34-18-10-5-11-19-34/h4-25,28,40-41,46H,26-27,29-32H2,1-3H3,(H,51,61)(H,52,56)/t40?,41-,46+,50-/m0/s1. The molecule has 0 bridgehead atoms. The quantitative estimate of drug-likeness (QED) is 0.0704. The predicted molar refractivity (Wildman–Crippen MR) is 243 cm³/mol. The number of thioether (sulfide) groups is 1. The van der Waals surface area contributed by atoms with E-state index in [0.29, 0.717) is 34.8 Å². The molecule has 5 aromatic carbocycles. The van der Waals surface area contributed by atoms with Gasteiger partial charge in [-0.05, 0) is 53.8 Å². The highest BCUT2D eigenvalue weighted by atomic mass is 32.2. The van der Waals surface area contributed by atoms with Crippen molar-refractivity contribution in [3.63, 3.8) is 0 Å². The van der Waals surface area contributed by atoms with Crippen LogP contribution in [0.1, 0.15) is 47.7 Å². The minimum absolute atomic E-state index is 0.00639. The molecule has 8 rings (SSSR count). The van der Waals surface area contributed by atoms with Crippen molar-refractivity contribution < 1.29 is 47.7 Å². The summed E-state index contributed by atoms with van der Waals surface area (Å²) in [5.74, 6) is -3.35. The van der Waals surface area contributed by atoms with E-state index in [4.69, 9.17) is 18.9 Å². The van der Waals surface area contributed by atoms with Gasteiger partial charge in [0.25, 0.3) is 5.91 Å². The first-order chi connectivity index (χ1) is 31.9. The van der Waals surface area contributed by atoms with Gasteiger partial charge in [-0.1, -0.05) is 127 Å². The number of nitrogens with zero attached hydrogens (tertiary/aromatic N) is 3. The number of imide groups is 1. The van der Waals surface area contributed by atoms with Crippen LogP contribution in [0.3, 0.4) is 0 Å². The second-order valence-electron chi connectivity index (χ2n) is 16.5.